The number of carbonyl (C=O) groups is 3. The van der Waals surface area contributed by atoms with Crippen LogP contribution in [0.1, 0.15) is 47.4 Å². The molecule has 6 heteroatoms. The van der Waals surface area contributed by atoms with E-state index in [-0.39, 0.29) is 11.8 Å². The smallest absolute Gasteiger partial charge is 0.251 e. The Morgan fingerprint density at radius 3 is 2.41 bits per heavy atom. The second-order valence-corrected chi connectivity index (χ2v) is 7.00. The van der Waals surface area contributed by atoms with Crippen molar-refractivity contribution in [2.24, 2.45) is 5.73 Å². The van der Waals surface area contributed by atoms with Gasteiger partial charge in [0.2, 0.25) is 11.8 Å². The van der Waals surface area contributed by atoms with E-state index in [0.717, 1.165) is 5.56 Å². The first-order chi connectivity index (χ1) is 12.7. The van der Waals surface area contributed by atoms with E-state index < -0.39 is 11.4 Å². The number of carbonyl (C=O) groups excluding carboxylic acids is 3. The number of hydrogen-bond donors (Lipinski definition) is 3. The fourth-order valence-electron chi connectivity index (χ4n) is 2.77. The number of nitrogens with one attached hydrogen (secondary N) is 2. The number of hydrogen-bond acceptors (Lipinski definition) is 3. The van der Waals surface area contributed by atoms with Gasteiger partial charge in [0.25, 0.3) is 5.91 Å². The molecule has 0 saturated heterocycles. The lowest BCUT2D eigenvalue weighted by Gasteiger charge is -2.26. The van der Waals surface area contributed by atoms with Crippen LogP contribution in [0.25, 0.3) is 11.1 Å². The molecule has 0 aliphatic carbocycles. The minimum atomic E-state index is -0.537. The van der Waals surface area contributed by atoms with Crippen molar-refractivity contribution >= 4 is 17.7 Å². The summed E-state index contributed by atoms with van der Waals surface area (Å²) in [6.45, 7) is 3.75. The first-order valence-electron chi connectivity index (χ1n) is 8.76. The van der Waals surface area contributed by atoms with Gasteiger partial charge in [0, 0.05) is 30.1 Å². The molecule has 142 valence electrons. The monoisotopic (exact) mass is 367 g/mol. The van der Waals surface area contributed by atoms with Crippen LogP contribution < -0.4 is 16.4 Å². The highest BCUT2D eigenvalue weighted by Crippen LogP contribution is 2.24. The Kier molecular flexibility index (Phi) is 6.34. The lowest BCUT2D eigenvalue weighted by Crippen LogP contribution is -2.44. The van der Waals surface area contributed by atoms with Crippen molar-refractivity contribution in [3.05, 3.63) is 59.7 Å². The number of rotatable bonds is 7. The lowest BCUT2D eigenvalue weighted by atomic mass is 9.95. The van der Waals surface area contributed by atoms with Gasteiger partial charge in [-0.3, -0.25) is 14.4 Å². The van der Waals surface area contributed by atoms with E-state index in [1.165, 1.54) is 0 Å². The van der Waals surface area contributed by atoms with Crippen LogP contribution in [0.3, 0.4) is 0 Å². The number of benzene rings is 2. The molecular weight excluding hydrogens is 342 g/mol. The van der Waals surface area contributed by atoms with Crippen LogP contribution in [0.4, 0.5) is 0 Å². The number of amides is 3. The topological polar surface area (TPSA) is 101 Å². The standard InChI is InChI=1S/C21H25N3O3/c1-21(2,12-11-18(25)23-3)24-20(27)15-8-6-7-14(13-15)16-9-4-5-10-17(16)19(22)26/h4-10,13H,11-12H2,1-3H3,(H2,22,26)(H,23,25)(H,24,27). The molecule has 0 spiro atoms. The average molecular weight is 367 g/mol. The molecule has 0 aromatic heterocycles. The van der Waals surface area contributed by atoms with Crippen LogP contribution in [0.15, 0.2) is 48.5 Å². The van der Waals surface area contributed by atoms with Gasteiger partial charge in [-0.1, -0.05) is 30.3 Å². The van der Waals surface area contributed by atoms with E-state index >= 15 is 0 Å². The fraction of sp³-hybridized carbons (Fsp3) is 0.286. The minimum absolute atomic E-state index is 0.0672. The van der Waals surface area contributed by atoms with Crippen molar-refractivity contribution in [1.29, 1.82) is 0 Å². The summed E-state index contributed by atoms with van der Waals surface area (Å²) in [5, 5.41) is 5.53. The summed E-state index contributed by atoms with van der Waals surface area (Å²) in [5.74, 6) is -0.825. The molecule has 0 saturated carbocycles. The van der Waals surface area contributed by atoms with E-state index in [9.17, 15) is 14.4 Å². The molecular formula is C21H25N3O3. The molecule has 2 rings (SSSR count). The Labute approximate surface area is 159 Å². The third-order valence-corrected chi connectivity index (χ3v) is 4.34. The third kappa shape index (κ3) is 5.41. The van der Waals surface area contributed by atoms with Crippen LogP contribution in [0, 0.1) is 0 Å². The van der Waals surface area contributed by atoms with Crippen molar-refractivity contribution < 1.29 is 14.4 Å². The SMILES string of the molecule is CNC(=O)CCC(C)(C)NC(=O)c1cccc(-c2ccccc2C(N)=O)c1. The van der Waals surface area contributed by atoms with E-state index in [4.69, 9.17) is 5.73 Å². The molecule has 0 radical (unpaired) electrons. The van der Waals surface area contributed by atoms with Gasteiger partial charge in [0.15, 0.2) is 0 Å². The maximum Gasteiger partial charge on any atom is 0.251 e. The predicted octanol–water partition coefficient (Wildman–Crippen LogP) is 2.49. The van der Waals surface area contributed by atoms with Crippen LogP contribution in [0.5, 0.6) is 0 Å². The van der Waals surface area contributed by atoms with Crippen molar-refractivity contribution in [2.45, 2.75) is 32.2 Å². The highest BCUT2D eigenvalue weighted by Gasteiger charge is 2.22. The molecule has 0 bridgehead atoms. The van der Waals surface area contributed by atoms with Gasteiger partial charge in [-0.25, -0.2) is 0 Å². The van der Waals surface area contributed by atoms with Crippen LogP contribution >= 0.6 is 0 Å². The lowest BCUT2D eigenvalue weighted by molar-refractivity contribution is -0.121. The molecule has 6 nitrogen and oxygen atoms in total. The minimum Gasteiger partial charge on any atom is -0.366 e. The maximum atomic E-state index is 12.7. The summed E-state index contributed by atoms with van der Waals surface area (Å²) >= 11 is 0. The van der Waals surface area contributed by atoms with Gasteiger partial charge < -0.3 is 16.4 Å². The predicted molar refractivity (Wildman–Crippen MR) is 105 cm³/mol. The summed E-state index contributed by atoms with van der Waals surface area (Å²) in [6, 6.07) is 14.0. The van der Waals surface area contributed by atoms with Crippen molar-refractivity contribution in [3.63, 3.8) is 0 Å². The second-order valence-electron chi connectivity index (χ2n) is 7.00. The van der Waals surface area contributed by atoms with Crippen LogP contribution in [0.2, 0.25) is 0 Å². The van der Waals surface area contributed by atoms with Crippen molar-refractivity contribution in [3.8, 4) is 11.1 Å². The number of primary amides is 1. The van der Waals surface area contributed by atoms with Crippen LogP contribution in [-0.2, 0) is 4.79 Å². The highest BCUT2D eigenvalue weighted by atomic mass is 16.2. The van der Waals surface area contributed by atoms with E-state index in [2.05, 4.69) is 10.6 Å². The molecule has 0 heterocycles. The van der Waals surface area contributed by atoms with Gasteiger partial charge in [-0.05, 0) is 49.6 Å². The highest BCUT2D eigenvalue weighted by molar-refractivity contribution is 6.01. The zero-order valence-corrected chi connectivity index (χ0v) is 15.8. The molecule has 4 N–H and O–H groups in total. The molecule has 3 amide bonds. The van der Waals surface area contributed by atoms with Gasteiger partial charge in [0.1, 0.15) is 0 Å². The first kappa shape index (κ1) is 20.2. The summed E-state index contributed by atoms with van der Waals surface area (Å²) in [7, 11) is 1.59. The van der Waals surface area contributed by atoms with Gasteiger partial charge in [0.05, 0.1) is 0 Å². The Morgan fingerprint density at radius 1 is 1.04 bits per heavy atom. The van der Waals surface area contributed by atoms with E-state index in [1.54, 1.807) is 43.4 Å². The summed E-state index contributed by atoms with van der Waals surface area (Å²) < 4.78 is 0. The second kappa shape index (κ2) is 8.49. The summed E-state index contributed by atoms with van der Waals surface area (Å²) in [5.41, 5.74) is 7.21. The molecule has 0 aliphatic heterocycles. The molecule has 0 fully saturated rings. The normalized spacial score (nSPS) is 10.9. The Morgan fingerprint density at radius 2 is 1.74 bits per heavy atom. The largest absolute Gasteiger partial charge is 0.366 e. The van der Waals surface area contributed by atoms with Gasteiger partial charge in [-0.15, -0.1) is 0 Å². The quantitative estimate of drug-likeness (QED) is 0.701. The van der Waals surface area contributed by atoms with Crippen molar-refractivity contribution in [1.82, 2.24) is 10.6 Å². The third-order valence-electron chi connectivity index (χ3n) is 4.34. The fourth-order valence-corrected chi connectivity index (χ4v) is 2.77. The van der Waals surface area contributed by atoms with E-state index in [0.29, 0.717) is 29.5 Å². The Bertz CT molecular complexity index is 859. The molecule has 0 aliphatic rings. The molecule has 2 aromatic rings. The van der Waals surface area contributed by atoms with E-state index in [1.807, 2.05) is 26.0 Å². The summed E-state index contributed by atoms with van der Waals surface area (Å²) in [4.78, 5) is 35.8. The average Bonchev–Trinajstić information content (AvgIpc) is 2.65. The number of nitrogens with two attached hydrogens (primary N) is 1. The van der Waals surface area contributed by atoms with Gasteiger partial charge >= 0.3 is 0 Å². The molecule has 2 aromatic carbocycles. The maximum absolute atomic E-state index is 12.7. The Hall–Kier alpha value is -3.15. The zero-order valence-electron chi connectivity index (χ0n) is 15.8. The van der Waals surface area contributed by atoms with Gasteiger partial charge in [-0.2, -0.15) is 0 Å². The molecule has 0 unspecified atom stereocenters. The molecule has 0 atom stereocenters. The van der Waals surface area contributed by atoms with Crippen LogP contribution in [-0.4, -0.2) is 30.3 Å². The summed E-state index contributed by atoms with van der Waals surface area (Å²) in [6.07, 6.45) is 0.846. The zero-order chi connectivity index (χ0) is 20.0. The molecule has 27 heavy (non-hydrogen) atoms. The van der Waals surface area contributed by atoms with Crippen molar-refractivity contribution in [2.75, 3.05) is 7.05 Å². The Balaban J connectivity index is 2.21. The first-order valence-corrected chi connectivity index (χ1v) is 8.76.